The number of phenolic OH excluding ortho intramolecular Hbond substituents is 1. The zero-order chi connectivity index (χ0) is 18.7. The van der Waals surface area contributed by atoms with E-state index in [1.807, 2.05) is 29.7 Å². The van der Waals surface area contributed by atoms with Crippen molar-refractivity contribution in [1.29, 1.82) is 0 Å². The van der Waals surface area contributed by atoms with Gasteiger partial charge in [-0.1, -0.05) is 23.7 Å². The van der Waals surface area contributed by atoms with E-state index in [0.29, 0.717) is 41.5 Å². The van der Waals surface area contributed by atoms with Crippen LogP contribution < -0.4 is 4.74 Å². The number of hydrogen-bond acceptors (Lipinski definition) is 4. The van der Waals surface area contributed by atoms with Crippen LogP contribution in [0.25, 0.3) is 10.9 Å². The molecule has 0 aliphatic heterocycles. The van der Waals surface area contributed by atoms with Gasteiger partial charge in [-0.25, -0.2) is 4.79 Å². The maximum atomic E-state index is 12.4. The van der Waals surface area contributed by atoms with Crippen molar-refractivity contribution in [2.45, 2.75) is 20.4 Å². The number of carbonyl (C=O) groups excluding carboxylic acids is 1. The Balaban J connectivity index is 1.91. The number of phenols is 1. The van der Waals surface area contributed by atoms with Gasteiger partial charge in [0.2, 0.25) is 0 Å². The maximum absolute atomic E-state index is 12.4. The van der Waals surface area contributed by atoms with Gasteiger partial charge >= 0.3 is 5.97 Å². The zero-order valence-corrected chi connectivity index (χ0v) is 15.4. The van der Waals surface area contributed by atoms with E-state index in [4.69, 9.17) is 21.1 Å². The van der Waals surface area contributed by atoms with Crippen molar-refractivity contribution in [3.8, 4) is 11.5 Å². The normalized spacial score (nSPS) is 10.9. The number of ether oxygens (including phenoxy) is 2. The fourth-order valence-electron chi connectivity index (χ4n) is 3.03. The first-order valence-corrected chi connectivity index (χ1v) is 8.77. The van der Waals surface area contributed by atoms with Gasteiger partial charge < -0.3 is 19.1 Å². The molecular weight excluding hydrogens is 354 g/mol. The summed E-state index contributed by atoms with van der Waals surface area (Å²) >= 11 is 6.11. The van der Waals surface area contributed by atoms with Gasteiger partial charge in [0, 0.05) is 16.6 Å². The van der Waals surface area contributed by atoms with Crippen LogP contribution in [0.5, 0.6) is 11.5 Å². The molecule has 1 heterocycles. The summed E-state index contributed by atoms with van der Waals surface area (Å²) in [5.74, 6) is 0.324. The first-order valence-electron chi connectivity index (χ1n) is 8.39. The van der Waals surface area contributed by atoms with E-state index in [0.717, 1.165) is 11.2 Å². The van der Waals surface area contributed by atoms with E-state index in [9.17, 15) is 9.90 Å². The second-order valence-electron chi connectivity index (χ2n) is 5.81. The number of esters is 1. The number of carbonyl (C=O) groups is 1. The molecule has 0 bridgehead atoms. The number of para-hydroxylation sites is 1. The Bertz CT molecular complexity index is 948. The minimum Gasteiger partial charge on any atom is -0.508 e. The molecular formula is C20H20ClNO4. The monoisotopic (exact) mass is 373 g/mol. The van der Waals surface area contributed by atoms with Crippen molar-refractivity contribution >= 4 is 28.5 Å². The molecule has 0 fully saturated rings. The van der Waals surface area contributed by atoms with Gasteiger partial charge in [0.25, 0.3) is 0 Å². The largest absolute Gasteiger partial charge is 0.508 e. The Hall–Kier alpha value is -2.66. The maximum Gasteiger partial charge on any atom is 0.340 e. The highest BCUT2D eigenvalue weighted by Crippen LogP contribution is 2.30. The molecule has 0 aliphatic rings. The summed E-state index contributed by atoms with van der Waals surface area (Å²) in [5.41, 5.74) is 2.08. The van der Waals surface area contributed by atoms with E-state index in [1.54, 1.807) is 31.2 Å². The SMILES string of the molecule is CCOC(=O)c1c(C)n(CCOc2ccccc2Cl)c2ccc(O)cc12. The Kier molecular flexibility index (Phi) is 5.38. The highest BCUT2D eigenvalue weighted by atomic mass is 35.5. The molecule has 6 heteroatoms. The molecule has 0 saturated carbocycles. The van der Waals surface area contributed by atoms with Crippen molar-refractivity contribution in [1.82, 2.24) is 4.57 Å². The summed E-state index contributed by atoms with van der Waals surface area (Å²) in [6, 6.07) is 12.3. The van der Waals surface area contributed by atoms with Crippen molar-refractivity contribution < 1.29 is 19.4 Å². The summed E-state index contributed by atoms with van der Waals surface area (Å²) in [5, 5.41) is 11.0. The number of halogens is 1. The van der Waals surface area contributed by atoms with Crippen LogP contribution in [0.1, 0.15) is 23.0 Å². The fraction of sp³-hybridized carbons (Fsp3) is 0.250. The first-order chi connectivity index (χ1) is 12.5. The lowest BCUT2D eigenvalue weighted by Gasteiger charge is -2.11. The Morgan fingerprint density at radius 2 is 2.00 bits per heavy atom. The Morgan fingerprint density at radius 3 is 2.73 bits per heavy atom. The molecule has 5 nitrogen and oxygen atoms in total. The van der Waals surface area contributed by atoms with Gasteiger partial charge in [-0.05, 0) is 44.2 Å². The molecule has 0 aliphatic carbocycles. The van der Waals surface area contributed by atoms with Crippen molar-refractivity contribution in [2.75, 3.05) is 13.2 Å². The lowest BCUT2D eigenvalue weighted by molar-refractivity contribution is 0.0527. The standard InChI is InChI=1S/C20H20ClNO4/c1-3-25-20(24)19-13(2)22(17-9-8-14(23)12-15(17)19)10-11-26-18-7-5-4-6-16(18)21/h4-9,12,23H,3,10-11H2,1-2H3. The van der Waals surface area contributed by atoms with Crippen molar-refractivity contribution in [3.63, 3.8) is 0 Å². The van der Waals surface area contributed by atoms with Gasteiger partial charge in [0.1, 0.15) is 18.1 Å². The van der Waals surface area contributed by atoms with Crippen LogP contribution in [0.2, 0.25) is 5.02 Å². The summed E-state index contributed by atoms with van der Waals surface area (Å²) < 4.78 is 12.9. The molecule has 1 N–H and O–H groups in total. The molecule has 0 unspecified atom stereocenters. The summed E-state index contributed by atoms with van der Waals surface area (Å²) in [6.07, 6.45) is 0. The predicted molar refractivity (Wildman–Crippen MR) is 101 cm³/mol. The quantitative estimate of drug-likeness (QED) is 0.643. The minimum atomic E-state index is -0.397. The summed E-state index contributed by atoms with van der Waals surface area (Å²) in [6.45, 7) is 4.83. The molecule has 3 aromatic rings. The molecule has 3 rings (SSSR count). The molecule has 0 saturated heterocycles. The van der Waals surface area contributed by atoms with Crippen LogP contribution in [0.3, 0.4) is 0 Å². The average Bonchev–Trinajstić information content (AvgIpc) is 2.88. The van der Waals surface area contributed by atoms with Crippen LogP contribution in [0.15, 0.2) is 42.5 Å². The molecule has 1 aromatic heterocycles. The van der Waals surface area contributed by atoms with Crippen LogP contribution in [-0.2, 0) is 11.3 Å². The highest BCUT2D eigenvalue weighted by Gasteiger charge is 2.21. The lowest BCUT2D eigenvalue weighted by atomic mass is 10.1. The average molecular weight is 374 g/mol. The van der Waals surface area contributed by atoms with Gasteiger partial charge in [-0.3, -0.25) is 0 Å². The molecule has 136 valence electrons. The van der Waals surface area contributed by atoms with Crippen LogP contribution in [0.4, 0.5) is 0 Å². The molecule has 26 heavy (non-hydrogen) atoms. The highest BCUT2D eigenvalue weighted by molar-refractivity contribution is 6.32. The van der Waals surface area contributed by atoms with E-state index < -0.39 is 5.97 Å². The molecule has 0 spiro atoms. The van der Waals surface area contributed by atoms with Gasteiger partial charge in [0.15, 0.2) is 0 Å². The number of fused-ring (bicyclic) bond motifs is 1. The smallest absolute Gasteiger partial charge is 0.340 e. The Morgan fingerprint density at radius 1 is 1.23 bits per heavy atom. The lowest BCUT2D eigenvalue weighted by Crippen LogP contribution is -2.11. The number of aromatic nitrogens is 1. The number of aromatic hydroxyl groups is 1. The topological polar surface area (TPSA) is 60.7 Å². The molecule has 0 atom stereocenters. The number of benzene rings is 2. The number of rotatable bonds is 6. The van der Waals surface area contributed by atoms with Gasteiger partial charge in [-0.15, -0.1) is 0 Å². The van der Waals surface area contributed by atoms with Gasteiger partial charge in [0.05, 0.1) is 23.7 Å². The second kappa shape index (κ2) is 7.70. The predicted octanol–water partition coefficient (Wildman–Crippen LogP) is 4.56. The van der Waals surface area contributed by atoms with Crippen molar-refractivity contribution in [2.24, 2.45) is 0 Å². The third-order valence-electron chi connectivity index (χ3n) is 4.20. The number of nitrogens with zero attached hydrogens (tertiary/aromatic N) is 1. The van der Waals surface area contributed by atoms with Crippen LogP contribution in [-0.4, -0.2) is 28.9 Å². The van der Waals surface area contributed by atoms with E-state index >= 15 is 0 Å². The number of hydrogen-bond donors (Lipinski definition) is 1. The Labute approximate surface area is 156 Å². The van der Waals surface area contributed by atoms with E-state index in [2.05, 4.69) is 0 Å². The zero-order valence-electron chi connectivity index (χ0n) is 14.7. The molecule has 0 radical (unpaired) electrons. The third-order valence-corrected chi connectivity index (χ3v) is 4.51. The summed E-state index contributed by atoms with van der Waals surface area (Å²) in [7, 11) is 0. The van der Waals surface area contributed by atoms with Crippen molar-refractivity contribution in [3.05, 3.63) is 58.7 Å². The minimum absolute atomic E-state index is 0.104. The van der Waals surface area contributed by atoms with E-state index in [-0.39, 0.29) is 5.75 Å². The molecule has 0 amide bonds. The van der Waals surface area contributed by atoms with Crippen LogP contribution in [0, 0.1) is 6.92 Å². The second-order valence-corrected chi connectivity index (χ2v) is 6.22. The summed E-state index contributed by atoms with van der Waals surface area (Å²) in [4.78, 5) is 12.4. The van der Waals surface area contributed by atoms with Gasteiger partial charge in [-0.2, -0.15) is 0 Å². The van der Waals surface area contributed by atoms with Crippen LogP contribution >= 0.6 is 11.6 Å². The molecule has 2 aromatic carbocycles. The first kappa shape index (κ1) is 18.1. The van der Waals surface area contributed by atoms with E-state index in [1.165, 1.54) is 0 Å². The fourth-order valence-corrected chi connectivity index (χ4v) is 3.22. The third kappa shape index (κ3) is 3.48.